The van der Waals surface area contributed by atoms with Crippen LogP contribution >= 0.6 is 0 Å². The van der Waals surface area contributed by atoms with Crippen LogP contribution in [0.4, 0.5) is 10.1 Å². The van der Waals surface area contributed by atoms with Gasteiger partial charge in [-0.1, -0.05) is 13.0 Å². The van der Waals surface area contributed by atoms with Crippen molar-refractivity contribution in [1.29, 1.82) is 0 Å². The summed E-state index contributed by atoms with van der Waals surface area (Å²) < 4.78 is 39.8. The van der Waals surface area contributed by atoms with Crippen molar-refractivity contribution in [2.75, 3.05) is 5.73 Å². The van der Waals surface area contributed by atoms with Gasteiger partial charge in [0.05, 0.1) is 22.8 Å². The number of hydrogen-bond donors (Lipinski definition) is 2. The van der Waals surface area contributed by atoms with Crippen molar-refractivity contribution in [1.82, 2.24) is 9.71 Å². The first kappa shape index (κ1) is 15.4. The molecule has 0 spiro atoms. The second-order valence-corrected chi connectivity index (χ2v) is 6.24. The number of hydrogen-bond acceptors (Lipinski definition) is 4. The molecule has 112 valence electrons. The van der Waals surface area contributed by atoms with Gasteiger partial charge in [-0.15, -0.1) is 0 Å². The van der Waals surface area contributed by atoms with E-state index in [4.69, 9.17) is 5.73 Å². The highest BCUT2D eigenvalue weighted by atomic mass is 32.2. The van der Waals surface area contributed by atoms with E-state index >= 15 is 0 Å². The minimum Gasteiger partial charge on any atom is -0.396 e. The van der Waals surface area contributed by atoms with Gasteiger partial charge >= 0.3 is 0 Å². The zero-order valence-corrected chi connectivity index (χ0v) is 12.3. The van der Waals surface area contributed by atoms with Gasteiger partial charge in [-0.25, -0.2) is 17.5 Å². The molecule has 1 aromatic heterocycles. The monoisotopic (exact) mass is 309 g/mol. The summed E-state index contributed by atoms with van der Waals surface area (Å²) in [4.78, 5) is 4.09. The Morgan fingerprint density at radius 1 is 1.33 bits per heavy atom. The fraction of sp³-hybridized carbons (Fsp3) is 0.214. The molecular weight excluding hydrogens is 293 g/mol. The van der Waals surface area contributed by atoms with E-state index in [9.17, 15) is 12.8 Å². The topological polar surface area (TPSA) is 85.1 Å². The van der Waals surface area contributed by atoms with Crippen molar-refractivity contribution in [3.05, 3.63) is 53.6 Å². The average molecular weight is 309 g/mol. The Labute approximate surface area is 123 Å². The molecule has 0 fully saturated rings. The predicted molar refractivity (Wildman–Crippen MR) is 78.5 cm³/mol. The number of nitrogens with zero attached hydrogens (tertiary/aromatic N) is 1. The van der Waals surface area contributed by atoms with Gasteiger partial charge in [0.2, 0.25) is 10.0 Å². The van der Waals surface area contributed by atoms with E-state index in [1.54, 1.807) is 12.3 Å². The highest BCUT2D eigenvalue weighted by Crippen LogP contribution is 2.17. The molecule has 0 amide bonds. The fourth-order valence-electron chi connectivity index (χ4n) is 1.89. The van der Waals surface area contributed by atoms with Crippen LogP contribution < -0.4 is 10.5 Å². The van der Waals surface area contributed by atoms with Gasteiger partial charge in [-0.05, 0) is 36.2 Å². The van der Waals surface area contributed by atoms with Crippen LogP contribution in [0.1, 0.15) is 18.2 Å². The number of halogens is 1. The molecule has 2 rings (SSSR count). The number of aromatic nitrogens is 1. The average Bonchev–Trinajstić information content (AvgIpc) is 2.48. The summed E-state index contributed by atoms with van der Waals surface area (Å²) in [6, 6.07) is 7.00. The summed E-state index contributed by atoms with van der Waals surface area (Å²) in [6.07, 6.45) is 2.37. The van der Waals surface area contributed by atoms with E-state index in [-0.39, 0.29) is 17.1 Å². The van der Waals surface area contributed by atoms with Crippen LogP contribution in [0.15, 0.2) is 41.4 Å². The van der Waals surface area contributed by atoms with Crippen molar-refractivity contribution >= 4 is 15.7 Å². The van der Waals surface area contributed by atoms with Crippen LogP contribution in [0, 0.1) is 5.82 Å². The number of nitrogen functional groups attached to an aromatic ring is 1. The molecule has 0 aliphatic heterocycles. The quantitative estimate of drug-likeness (QED) is 0.825. The van der Waals surface area contributed by atoms with Crippen molar-refractivity contribution in [3.63, 3.8) is 0 Å². The van der Waals surface area contributed by atoms with Crippen molar-refractivity contribution in [3.8, 4) is 0 Å². The van der Waals surface area contributed by atoms with Gasteiger partial charge < -0.3 is 5.73 Å². The highest BCUT2D eigenvalue weighted by molar-refractivity contribution is 7.89. The molecule has 2 aromatic rings. The zero-order valence-electron chi connectivity index (χ0n) is 11.5. The molecule has 0 bridgehead atoms. The summed E-state index contributed by atoms with van der Waals surface area (Å²) >= 11 is 0. The maximum Gasteiger partial charge on any atom is 0.241 e. The van der Waals surface area contributed by atoms with Crippen LogP contribution in [0.2, 0.25) is 0 Å². The third-order valence-corrected chi connectivity index (χ3v) is 4.47. The summed E-state index contributed by atoms with van der Waals surface area (Å²) in [5.74, 6) is -0.646. The first-order valence-electron chi connectivity index (χ1n) is 6.41. The summed E-state index contributed by atoms with van der Waals surface area (Å²) in [5, 5.41) is 0. The Balaban J connectivity index is 2.20. The largest absolute Gasteiger partial charge is 0.396 e. The second kappa shape index (κ2) is 6.19. The summed E-state index contributed by atoms with van der Waals surface area (Å²) in [5.41, 5.74) is 6.82. The number of anilines is 1. The van der Waals surface area contributed by atoms with Crippen LogP contribution in [0.3, 0.4) is 0 Å². The van der Waals surface area contributed by atoms with E-state index in [1.807, 2.05) is 13.0 Å². The first-order valence-corrected chi connectivity index (χ1v) is 7.90. The Bertz CT molecular complexity index is 748. The molecule has 0 unspecified atom stereocenters. The lowest BCUT2D eigenvalue weighted by Crippen LogP contribution is -2.24. The van der Waals surface area contributed by atoms with E-state index < -0.39 is 15.8 Å². The minimum atomic E-state index is -3.76. The second-order valence-electron chi connectivity index (χ2n) is 4.47. The number of rotatable bonds is 5. The van der Waals surface area contributed by atoms with Gasteiger partial charge in [-0.2, -0.15) is 0 Å². The Hall–Kier alpha value is -1.99. The first-order chi connectivity index (χ1) is 9.94. The molecule has 1 heterocycles. The number of aryl methyl sites for hydroxylation is 1. The summed E-state index contributed by atoms with van der Waals surface area (Å²) in [7, 11) is -3.76. The van der Waals surface area contributed by atoms with Gasteiger partial charge in [0, 0.05) is 6.20 Å². The van der Waals surface area contributed by atoms with Crippen molar-refractivity contribution in [2.24, 2.45) is 0 Å². The van der Waals surface area contributed by atoms with Crippen LogP contribution in [0.25, 0.3) is 0 Å². The molecule has 1 aromatic carbocycles. The normalized spacial score (nSPS) is 11.5. The molecule has 0 radical (unpaired) electrons. The smallest absolute Gasteiger partial charge is 0.241 e. The van der Waals surface area contributed by atoms with Crippen molar-refractivity contribution < 1.29 is 12.8 Å². The maximum atomic E-state index is 13.1. The van der Waals surface area contributed by atoms with Gasteiger partial charge in [0.15, 0.2) is 0 Å². The Morgan fingerprint density at radius 2 is 2.10 bits per heavy atom. The molecule has 0 aliphatic carbocycles. The molecule has 0 atom stereocenters. The molecular formula is C14H16FN3O2S. The highest BCUT2D eigenvalue weighted by Gasteiger charge is 2.16. The number of sulfonamides is 1. The standard InChI is InChI=1S/C14H16FN3O2S/c1-2-10-4-3-7-17-14(10)9-18-21(19,20)11-5-6-12(15)13(16)8-11/h3-8,18H,2,9,16H2,1H3. The lowest BCUT2D eigenvalue weighted by Gasteiger charge is -2.09. The van der Waals surface area contributed by atoms with E-state index in [2.05, 4.69) is 9.71 Å². The molecule has 5 nitrogen and oxygen atoms in total. The van der Waals surface area contributed by atoms with Gasteiger partial charge in [-0.3, -0.25) is 4.98 Å². The lowest BCUT2D eigenvalue weighted by molar-refractivity contribution is 0.579. The maximum absolute atomic E-state index is 13.1. The third kappa shape index (κ3) is 3.56. The van der Waals surface area contributed by atoms with Crippen LogP contribution in [-0.2, 0) is 23.0 Å². The van der Waals surface area contributed by atoms with E-state index in [1.165, 1.54) is 6.07 Å². The van der Waals surface area contributed by atoms with Crippen LogP contribution in [0.5, 0.6) is 0 Å². The lowest BCUT2D eigenvalue weighted by atomic mass is 10.1. The van der Waals surface area contributed by atoms with E-state index in [0.29, 0.717) is 5.69 Å². The molecule has 0 saturated heterocycles. The molecule has 7 heteroatoms. The Morgan fingerprint density at radius 3 is 2.76 bits per heavy atom. The number of nitrogens with one attached hydrogen (secondary N) is 1. The third-order valence-electron chi connectivity index (χ3n) is 3.07. The number of nitrogens with two attached hydrogens (primary N) is 1. The molecule has 0 saturated carbocycles. The minimum absolute atomic E-state index is 0.0730. The summed E-state index contributed by atoms with van der Waals surface area (Å²) in [6.45, 7) is 2.04. The van der Waals surface area contributed by atoms with Crippen molar-refractivity contribution in [2.45, 2.75) is 24.8 Å². The Kier molecular flexibility index (Phi) is 4.54. The molecule has 3 N–H and O–H groups in total. The number of pyridine rings is 1. The van der Waals surface area contributed by atoms with Crippen LogP contribution in [-0.4, -0.2) is 13.4 Å². The number of benzene rings is 1. The predicted octanol–water partition coefficient (Wildman–Crippen LogP) is 1.84. The fourth-order valence-corrected chi connectivity index (χ4v) is 2.91. The molecule has 0 aliphatic rings. The zero-order chi connectivity index (χ0) is 15.5. The SMILES string of the molecule is CCc1cccnc1CNS(=O)(=O)c1ccc(F)c(N)c1. The van der Waals surface area contributed by atoms with Gasteiger partial charge in [0.25, 0.3) is 0 Å². The van der Waals surface area contributed by atoms with E-state index in [0.717, 1.165) is 24.1 Å². The van der Waals surface area contributed by atoms with Gasteiger partial charge in [0.1, 0.15) is 5.82 Å². The molecule has 21 heavy (non-hydrogen) atoms.